The third-order valence-corrected chi connectivity index (χ3v) is 3.23. The van der Waals surface area contributed by atoms with E-state index in [0.29, 0.717) is 12.4 Å². The molecule has 0 unspecified atom stereocenters. The summed E-state index contributed by atoms with van der Waals surface area (Å²) in [7, 11) is 3.23. The van der Waals surface area contributed by atoms with E-state index < -0.39 is 9.05 Å². The lowest BCUT2D eigenvalue weighted by atomic mass is 10.1. The van der Waals surface area contributed by atoms with Crippen LogP contribution in [-0.2, 0) is 20.2 Å². The van der Waals surface area contributed by atoms with Gasteiger partial charge in [-0.05, 0) is 24.1 Å². The molecule has 0 aromatic heterocycles. The number of rotatable bonds is 7. The zero-order valence-corrected chi connectivity index (χ0v) is 11.1. The largest absolute Gasteiger partial charge is 0.492 e. The molecule has 6 heteroatoms. The van der Waals surface area contributed by atoms with E-state index in [1.165, 1.54) is 0 Å². The first-order valence-electron chi connectivity index (χ1n) is 5.14. The third-order valence-electron chi connectivity index (χ3n) is 2.11. The van der Waals surface area contributed by atoms with Gasteiger partial charge in [-0.2, -0.15) is 0 Å². The Balaban J connectivity index is 2.40. The number of ether oxygens (including phenoxy) is 2. The van der Waals surface area contributed by atoms with Crippen LogP contribution in [0.15, 0.2) is 24.3 Å². The number of hydrogen-bond donors (Lipinski definition) is 0. The van der Waals surface area contributed by atoms with Crippen molar-refractivity contribution in [3.05, 3.63) is 29.8 Å². The molecule has 0 bridgehead atoms. The van der Waals surface area contributed by atoms with Crippen molar-refractivity contribution in [3.63, 3.8) is 0 Å². The van der Waals surface area contributed by atoms with E-state index in [1.807, 2.05) is 12.1 Å². The molecule has 0 amide bonds. The predicted molar refractivity (Wildman–Crippen MR) is 67.2 cm³/mol. The Bertz CT molecular complexity index is 427. The molecule has 0 N–H and O–H groups in total. The van der Waals surface area contributed by atoms with Gasteiger partial charge in [0.1, 0.15) is 12.4 Å². The molecule has 0 heterocycles. The number of halogens is 1. The van der Waals surface area contributed by atoms with Crippen LogP contribution in [0.4, 0.5) is 0 Å². The first-order valence-corrected chi connectivity index (χ1v) is 7.62. The van der Waals surface area contributed by atoms with Gasteiger partial charge in [-0.1, -0.05) is 12.1 Å². The summed E-state index contributed by atoms with van der Waals surface area (Å²) in [6, 6.07) is 7.44. The van der Waals surface area contributed by atoms with Gasteiger partial charge in [-0.15, -0.1) is 0 Å². The molecule has 0 atom stereocenters. The zero-order chi connectivity index (χ0) is 12.7. The smallest absolute Gasteiger partial charge is 0.235 e. The summed E-state index contributed by atoms with van der Waals surface area (Å²) in [6.45, 7) is 0.730. The lowest BCUT2D eigenvalue weighted by Crippen LogP contribution is -2.08. The summed E-state index contributed by atoms with van der Waals surface area (Å²) < 4.78 is 31.5. The molecule has 4 nitrogen and oxygen atoms in total. The van der Waals surface area contributed by atoms with Crippen molar-refractivity contribution in [2.24, 2.45) is 0 Å². The third kappa shape index (κ3) is 6.51. The lowest BCUT2D eigenvalue weighted by Gasteiger charge is -2.06. The van der Waals surface area contributed by atoms with E-state index in [0.717, 1.165) is 12.0 Å². The number of methoxy groups -OCH3 is 1. The Hall–Kier alpha value is -0.780. The van der Waals surface area contributed by atoms with Gasteiger partial charge in [0.2, 0.25) is 9.05 Å². The molecular weight excluding hydrogens is 264 g/mol. The predicted octanol–water partition coefficient (Wildman–Crippen LogP) is 1.82. The molecule has 0 saturated carbocycles. The second-order valence-electron chi connectivity index (χ2n) is 3.48. The maximum atomic E-state index is 10.7. The summed E-state index contributed by atoms with van der Waals surface area (Å²) in [5.74, 6) is 0.437. The highest BCUT2D eigenvalue weighted by atomic mass is 35.7. The van der Waals surface area contributed by atoms with Crippen molar-refractivity contribution in [1.29, 1.82) is 0 Å². The molecule has 0 aliphatic rings. The first-order chi connectivity index (χ1) is 8.01. The minimum Gasteiger partial charge on any atom is -0.492 e. The van der Waals surface area contributed by atoms with Crippen LogP contribution in [-0.4, -0.2) is 34.5 Å². The molecule has 1 aromatic carbocycles. The van der Waals surface area contributed by atoms with Crippen molar-refractivity contribution in [2.75, 3.05) is 26.1 Å². The Morgan fingerprint density at radius 3 is 2.35 bits per heavy atom. The van der Waals surface area contributed by atoms with Gasteiger partial charge < -0.3 is 9.47 Å². The fraction of sp³-hybridized carbons (Fsp3) is 0.455. The Morgan fingerprint density at radius 1 is 1.18 bits per heavy atom. The summed E-state index contributed by atoms with van der Waals surface area (Å²) in [6.07, 6.45) is 0.840. The van der Waals surface area contributed by atoms with Gasteiger partial charge in [0.05, 0.1) is 12.4 Å². The second-order valence-corrected chi connectivity index (χ2v) is 6.37. The molecule has 0 aliphatic heterocycles. The highest BCUT2D eigenvalue weighted by molar-refractivity contribution is 8.13. The average Bonchev–Trinajstić information content (AvgIpc) is 2.26. The average molecular weight is 279 g/mol. The van der Waals surface area contributed by atoms with Crippen LogP contribution in [0.3, 0.4) is 0 Å². The normalized spacial score (nSPS) is 11.4. The molecule has 0 aliphatic carbocycles. The minimum atomic E-state index is -3.48. The number of benzene rings is 1. The van der Waals surface area contributed by atoms with Crippen molar-refractivity contribution in [3.8, 4) is 5.75 Å². The SMILES string of the molecule is COCCc1ccc(OCCS(=O)(=O)Cl)cc1. The van der Waals surface area contributed by atoms with Crippen LogP contribution in [0.5, 0.6) is 5.75 Å². The number of hydrogen-bond acceptors (Lipinski definition) is 4. The maximum Gasteiger partial charge on any atom is 0.235 e. The molecule has 0 fully saturated rings. The molecule has 17 heavy (non-hydrogen) atoms. The van der Waals surface area contributed by atoms with Gasteiger partial charge in [0.25, 0.3) is 0 Å². The first kappa shape index (κ1) is 14.3. The topological polar surface area (TPSA) is 52.6 Å². The molecule has 0 spiro atoms. The standard InChI is InChI=1S/C11H15ClO4S/c1-15-7-6-10-2-4-11(5-3-10)16-8-9-17(12,13)14/h2-5H,6-9H2,1H3. The molecule has 1 aromatic rings. The van der Waals surface area contributed by atoms with Crippen molar-refractivity contribution >= 4 is 19.7 Å². The van der Waals surface area contributed by atoms with E-state index in [4.69, 9.17) is 20.2 Å². The lowest BCUT2D eigenvalue weighted by molar-refractivity contribution is 0.202. The quantitative estimate of drug-likeness (QED) is 0.714. The van der Waals surface area contributed by atoms with Gasteiger partial charge in [-0.25, -0.2) is 8.42 Å². The van der Waals surface area contributed by atoms with Crippen LogP contribution >= 0.6 is 10.7 Å². The van der Waals surface area contributed by atoms with Crippen molar-refractivity contribution in [2.45, 2.75) is 6.42 Å². The summed E-state index contributed by atoms with van der Waals surface area (Å²) in [4.78, 5) is 0. The van der Waals surface area contributed by atoms with E-state index in [-0.39, 0.29) is 12.4 Å². The van der Waals surface area contributed by atoms with E-state index >= 15 is 0 Å². The monoisotopic (exact) mass is 278 g/mol. The Kier molecular flexibility index (Phi) is 5.74. The van der Waals surface area contributed by atoms with Gasteiger partial charge in [-0.3, -0.25) is 0 Å². The van der Waals surface area contributed by atoms with Crippen LogP contribution in [0, 0.1) is 0 Å². The summed E-state index contributed by atoms with van der Waals surface area (Å²) in [5.41, 5.74) is 1.14. The van der Waals surface area contributed by atoms with E-state index in [1.54, 1.807) is 19.2 Å². The molecule has 96 valence electrons. The fourth-order valence-electron chi connectivity index (χ4n) is 1.23. The van der Waals surface area contributed by atoms with Gasteiger partial charge in [0, 0.05) is 17.8 Å². The molecule has 0 saturated heterocycles. The molecule has 1 rings (SSSR count). The summed E-state index contributed by atoms with van der Waals surface area (Å²) in [5, 5.41) is 0. The van der Waals surface area contributed by atoms with Crippen LogP contribution in [0.2, 0.25) is 0 Å². The zero-order valence-electron chi connectivity index (χ0n) is 9.56. The highest BCUT2D eigenvalue weighted by Crippen LogP contribution is 2.13. The van der Waals surface area contributed by atoms with Crippen molar-refractivity contribution in [1.82, 2.24) is 0 Å². The minimum absolute atomic E-state index is 0.0588. The Labute approximate surface area is 106 Å². The van der Waals surface area contributed by atoms with Crippen LogP contribution < -0.4 is 4.74 Å². The highest BCUT2D eigenvalue weighted by Gasteiger charge is 2.05. The Morgan fingerprint density at radius 2 is 1.82 bits per heavy atom. The summed E-state index contributed by atoms with van der Waals surface area (Å²) >= 11 is 0. The van der Waals surface area contributed by atoms with Crippen LogP contribution in [0.25, 0.3) is 0 Å². The van der Waals surface area contributed by atoms with E-state index in [2.05, 4.69) is 0 Å². The maximum absolute atomic E-state index is 10.7. The van der Waals surface area contributed by atoms with Crippen LogP contribution in [0.1, 0.15) is 5.56 Å². The van der Waals surface area contributed by atoms with Gasteiger partial charge in [0.15, 0.2) is 0 Å². The van der Waals surface area contributed by atoms with Gasteiger partial charge >= 0.3 is 0 Å². The van der Waals surface area contributed by atoms with E-state index in [9.17, 15) is 8.42 Å². The molecular formula is C11H15ClO4S. The van der Waals surface area contributed by atoms with Crippen molar-refractivity contribution < 1.29 is 17.9 Å². The fourth-order valence-corrected chi connectivity index (χ4v) is 1.70. The second kappa shape index (κ2) is 6.83. The molecule has 0 radical (unpaired) electrons.